The fourth-order valence-corrected chi connectivity index (χ4v) is 3.70. The molecule has 2 aromatic carbocycles. The first kappa shape index (κ1) is 20.3. The van der Waals surface area contributed by atoms with E-state index >= 15 is 0 Å². The molecule has 3 rings (SSSR count). The molecule has 3 aromatic rings. The summed E-state index contributed by atoms with van der Waals surface area (Å²) in [5.74, 6) is -0.287. The third-order valence-electron chi connectivity index (χ3n) is 3.97. The van der Waals surface area contributed by atoms with E-state index in [4.69, 9.17) is 15.5 Å². The van der Waals surface area contributed by atoms with Gasteiger partial charge in [-0.3, -0.25) is 9.36 Å². The van der Waals surface area contributed by atoms with Crippen LogP contribution in [0.1, 0.15) is 15.9 Å². The molecule has 0 aliphatic rings. The Bertz CT molecular complexity index is 1000. The predicted molar refractivity (Wildman–Crippen MR) is 112 cm³/mol. The van der Waals surface area contributed by atoms with Gasteiger partial charge in [-0.15, -0.1) is 11.3 Å². The maximum atomic E-state index is 12.5. The van der Waals surface area contributed by atoms with Gasteiger partial charge in [0.25, 0.3) is 5.91 Å². The molecule has 1 amide bonds. The Morgan fingerprint density at radius 3 is 2.50 bits per heavy atom. The summed E-state index contributed by atoms with van der Waals surface area (Å²) >= 11 is 1.61. The topological polar surface area (TPSA) is 125 Å². The number of thiophene rings is 1. The normalized spacial score (nSPS) is 11.4. The number of amides is 1. The van der Waals surface area contributed by atoms with Crippen LogP contribution in [-0.2, 0) is 11.1 Å². The van der Waals surface area contributed by atoms with Gasteiger partial charge in [-0.25, -0.2) is 0 Å². The van der Waals surface area contributed by atoms with Crippen LogP contribution in [0.3, 0.4) is 0 Å². The molecule has 7 nitrogen and oxygen atoms in total. The third-order valence-corrected chi connectivity index (χ3v) is 5.52. The molecule has 1 heterocycles. The minimum Gasteiger partial charge on any atom is -0.397 e. The number of nitrogens with two attached hydrogens (primary N) is 1. The molecule has 146 valence electrons. The van der Waals surface area contributed by atoms with Crippen LogP contribution in [0.4, 0.5) is 11.4 Å². The summed E-state index contributed by atoms with van der Waals surface area (Å²) in [6.45, 7) is 0.294. The lowest BCUT2D eigenvalue weighted by atomic mass is 10.1. The highest BCUT2D eigenvalue weighted by atomic mass is 32.1. The summed E-state index contributed by atoms with van der Waals surface area (Å²) in [6.07, 6.45) is -0.394. The van der Waals surface area contributed by atoms with E-state index in [-0.39, 0.29) is 5.91 Å². The molecular formula is C19H20N3O4PS. The Labute approximate surface area is 166 Å². The van der Waals surface area contributed by atoms with Crippen molar-refractivity contribution in [1.29, 1.82) is 0 Å². The first-order chi connectivity index (χ1) is 13.3. The monoisotopic (exact) mass is 417 g/mol. The fourth-order valence-electron chi connectivity index (χ4n) is 2.57. The zero-order valence-corrected chi connectivity index (χ0v) is 16.5. The van der Waals surface area contributed by atoms with Gasteiger partial charge in [0.2, 0.25) is 0 Å². The molecule has 0 saturated heterocycles. The van der Waals surface area contributed by atoms with Gasteiger partial charge in [-0.1, -0.05) is 24.3 Å². The fraction of sp³-hybridized carbons (Fsp3) is 0.105. The van der Waals surface area contributed by atoms with Gasteiger partial charge in [-0.05, 0) is 46.8 Å². The van der Waals surface area contributed by atoms with Crippen LogP contribution in [0.5, 0.6) is 0 Å². The Morgan fingerprint density at radius 2 is 1.86 bits per heavy atom. The standard InChI is InChI=1S/C19H20N3O4PS/c20-16-8-7-15(18-2-1-9-28-18)10-17(16)22-19(23)14-5-3-13(4-6-14)11-21-12-27(24,25)26/h1-10,21H,11-12,20H2,(H,22,23)(H2,24,25,26). The van der Waals surface area contributed by atoms with Gasteiger partial charge < -0.3 is 26.2 Å². The van der Waals surface area contributed by atoms with Crippen molar-refractivity contribution in [2.24, 2.45) is 0 Å². The van der Waals surface area contributed by atoms with Crippen molar-refractivity contribution in [2.45, 2.75) is 6.54 Å². The Balaban J connectivity index is 1.66. The highest BCUT2D eigenvalue weighted by Gasteiger charge is 2.12. The Morgan fingerprint density at radius 1 is 1.11 bits per heavy atom. The average Bonchev–Trinajstić information content (AvgIpc) is 3.18. The second-order valence-corrected chi connectivity index (χ2v) is 8.77. The highest BCUT2D eigenvalue weighted by Crippen LogP contribution is 2.32. The first-order valence-corrected chi connectivity index (χ1v) is 11.1. The molecular weight excluding hydrogens is 397 g/mol. The Hall–Kier alpha value is -2.48. The number of nitrogen functional groups attached to an aromatic ring is 1. The summed E-state index contributed by atoms with van der Waals surface area (Å²) in [4.78, 5) is 31.3. The van der Waals surface area contributed by atoms with Crippen LogP contribution >= 0.6 is 18.9 Å². The SMILES string of the molecule is Nc1ccc(-c2cccs2)cc1NC(=O)c1ccc(CNCP(=O)(O)O)cc1. The van der Waals surface area contributed by atoms with Crippen LogP contribution < -0.4 is 16.4 Å². The minimum absolute atomic E-state index is 0.287. The van der Waals surface area contributed by atoms with Crippen molar-refractivity contribution in [3.63, 3.8) is 0 Å². The van der Waals surface area contributed by atoms with E-state index in [0.29, 0.717) is 23.5 Å². The predicted octanol–water partition coefficient (Wildman–Crippen LogP) is 3.47. The number of hydrogen-bond donors (Lipinski definition) is 5. The van der Waals surface area contributed by atoms with Crippen LogP contribution in [0.25, 0.3) is 10.4 Å². The summed E-state index contributed by atoms with van der Waals surface area (Å²) in [6, 6.07) is 16.3. The highest BCUT2D eigenvalue weighted by molar-refractivity contribution is 7.51. The lowest BCUT2D eigenvalue weighted by Gasteiger charge is -2.11. The van der Waals surface area contributed by atoms with Gasteiger partial charge in [0.15, 0.2) is 0 Å². The maximum absolute atomic E-state index is 12.5. The van der Waals surface area contributed by atoms with E-state index in [1.165, 1.54) is 0 Å². The van der Waals surface area contributed by atoms with Crippen LogP contribution in [0, 0.1) is 0 Å². The molecule has 0 bridgehead atoms. The van der Waals surface area contributed by atoms with Gasteiger partial charge in [-0.2, -0.15) is 0 Å². The van der Waals surface area contributed by atoms with E-state index < -0.39 is 13.9 Å². The zero-order chi connectivity index (χ0) is 20.1. The zero-order valence-electron chi connectivity index (χ0n) is 14.8. The smallest absolute Gasteiger partial charge is 0.339 e. The number of hydrogen-bond acceptors (Lipinski definition) is 5. The van der Waals surface area contributed by atoms with Crippen molar-refractivity contribution in [2.75, 3.05) is 17.3 Å². The maximum Gasteiger partial charge on any atom is 0.339 e. The number of carbonyl (C=O) groups is 1. The number of nitrogens with one attached hydrogen (secondary N) is 2. The molecule has 0 spiro atoms. The molecule has 0 radical (unpaired) electrons. The number of anilines is 2. The molecule has 1 aromatic heterocycles. The summed E-state index contributed by atoms with van der Waals surface area (Å²) < 4.78 is 10.8. The summed E-state index contributed by atoms with van der Waals surface area (Å²) in [5, 5.41) is 7.50. The average molecular weight is 417 g/mol. The minimum atomic E-state index is -4.08. The van der Waals surface area contributed by atoms with Crippen LogP contribution in [0.15, 0.2) is 60.0 Å². The Kier molecular flexibility index (Phi) is 6.28. The van der Waals surface area contributed by atoms with E-state index in [9.17, 15) is 9.36 Å². The number of benzene rings is 2. The molecule has 6 N–H and O–H groups in total. The second-order valence-electron chi connectivity index (χ2n) is 6.18. The summed E-state index contributed by atoms with van der Waals surface area (Å²) in [5.41, 5.74) is 9.27. The largest absolute Gasteiger partial charge is 0.397 e. The van der Waals surface area contributed by atoms with Crippen LogP contribution in [-0.4, -0.2) is 22.0 Å². The third kappa shape index (κ3) is 5.51. The van der Waals surface area contributed by atoms with Crippen molar-refractivity contribution in [3.8, 4) is 10.4 Å². The van der Waals surface area contributed by atoms with Gasteiger partial charge in [0, 0.05) is 17.0 Å². The van der Waals surface area contributed by atoms with E-state index in [1.54, 1.807) is 41.7 Å². The molecule has 0 saturated carbocycles. The van der Waals surface area contributed by atoms with Crippen molar-refractivity contribution < 1.29 is 19.1 Å². The van der Waals surface area contributed by atoms with E-state index in [0.717, 1.165) is 16.0 Å². The van der Waals surface area contributed by atoms with E-state index in [1.807, 2.05) is 29.6 Å². The van der Waals surface area contributed by atoms with Gasteiger partial charge >= 0.3 is 7.60 Å². The molecule has 0 aliphatic carbocycles. The lowest BCUT2D eigenvalue weighted by molar-refractivity contribution is 0.102. The van der Waals surface area contributed by atoms with Crippen molar-refractivity contribution in [1.82, 2.24) is 5.32 Å². The molecule has 0 unspecified atom stereocenters. The quantitative estimate of drug-likeness (QED) is 0.296. The van der Waals surface area contributed by atoms with E-state index in [2.05, 4.69) is 10.6 Å². The molecule has 0 aliphatic heterocycles. The second kappa shape index (κ2) is 8.68. The molecule has 0 atom stereocenters. The van der Waals surface area contributed by atoms with Crippen molar-refractivity contribution >= 4 is 36.2 Å². The van der Waals surface area contributed by atoms with Gasteiger partial charge in [0.1, 0.15) is 0 Å². The lowest BCUT2D eigenvalue weighted by Crippen LogP contribution is -2.16. The number of carbonyl (C=O) groups excluding carboxylic acids is 1. The molecule has 9 heteroatoms. The summed E-state index contributed by atoms with van der Waals surface area (Å²) in [7, 11) is -4.08. The van der Waals surface area contributed by atoms with Crippen LogP contribution in [0.2, 0.25) is 0 Å². The molecule has 0 fully saturated rings. The van der Waals surface area contributed by atoms with Gasteiger partial charge in [0.05, 0.1) is 17.7 Å². The van der Waals surface area contributed by atoms with Crippen molar-refractivity contribution in [3.05, 3.63) is 71.1 Å². The first-order valence-electron chi connectivity index (χ1n) is 8.41. The number of rotatable bonds is 7. The molecule has 28 heavy (non-hydrogen) atoms.